The molecule has 4 aromatic carbocycles. The van der Waals surface area contributed by atoms with Gasteiger partial charge in [-0.25, -0.2) is 0 Å². The maximum absolute atomic E-state index is 5.99. The maximum atomic E-state index is 5.99. The van der Waals surface area contributed by atoms with Crippen LogP contribution in [0.4, 0.5) is 0 Å². The number of hydrogen-bond acceptors (Lipinski definition) is 4. The molecule has 1 aliphatic heterocycles. The Labute approximate surface area is 312 Å². The summed E-state index contributed by atoms with van der Waals surface area (Å²) in [6, 6.07) is 44.3. The summed E-state index contributed by atoms with van der Waals surface area (Å²) in [5.41, 5.74) is 22.1. The monoisotopic (exact) mass is 710 g/mol. The summed E-state index contributed by atoms with van der Waals surface area (Å²) in [5, 5.41) is 0. The van der Waals surface area contributed by atoms with Gasteiger partial charge >= 0.3 is 0 Å². The zero-order chi connectivity index (χ0) is 35.9. The highest BCUT2D eigenvalue weighted by atomic mass is 32.1. The standard InChI is InChI=1S/C22H23N3S.C21H23N3S/c23-22(26)18-11-4-5-12-19(18)25-16-8-13-20(25)21(24-14-6-7-15-24)17-9-2-1-3-10-17;1-15-9-4-5-10-16(15)20(23(2)3)19-13-8-14-24(19)18-12-7-6-11-17(18)21(22)25/h1-5,8-13,16,21H,6-7,14-15H2,(H2,23,26);4-14,20H,1-3H3,(H2,22,25). The van der Waals surface area contributed by atoms with Gasteiger partial charge in [-0.1, -0.05) is 103 Å². The summed E-state index contributed by atoms with van der Waals surface area (Å²) in [6.45, 7) is 4.41. The molecular formula is C43H46N6S2. The predicted molar refractivity (Wildman–Crippen MR) is 219 cm³/mol. The molecule has 6 nitrogen and oxygen atoms in total. The minimum Gasteiger partial charge on any atom is -0.389 e. The first kappa shape index (κ1) is 35.9. The zero-order valence-electron chi connectivity index (χ0n) is 29.5. The van der Waals surface area contributed by atoms with Gasteiger partial charge in [-0.2, -0.15) is 0 Å². The molecule has 0 bridgehead atoms. The van der Waals surface area contributed by atoms with Crippen LogP contribution in [-0.4, -0.2) is 56.1 Å². The van der Waals surface area contributed by atoms with Gasteiger partial charge in [0.2, 0.25) is 0 Å². The average Bonchev–Trinajstić information content (AvgIpc) is 3.94. The summed E-state index contributed by atoms with van der Waals surface area (Å²) >= 11 is 10.5. The third kappa shape index (κ3) is 7.90. The van der Waals surface area contributed by atoms with Gasteiger partial charge in [0, 0.05) is 34.9 Å². The molecule has 2 atom stereocenters. The summed E-state index contributed by atoms with van der Waals surface area (Å²) in [7, 11) is 4.21. The van der Waals surface area contributed by atoms with Crippen LogP contribution in [0.25, 0.3) is 11.4 Å². The van der Waals surface area contributed by atoms with Gasteiger partial charge in [0.25, 0.3) is 0 Å². The van der Waals surface area contributed by atoms with Crippen molar-refractivity contribution in [1.82, 2.24) is 18.9 Å². The zero-order valence-corrected chi connectivity index (χ0v) is 31.2. The molecule has 7 rings (SSSR count). The van der Waals surface area contributed by atoms with Crippen molar-refractivity contribution in [3.8, 4) is 11.4 Å². The number of rotatable bonds is 10. The number of thiocarbonyl (C=S) groups is 2. The van der Waals surface area contributed by atoms with E-state index in [0.717, 1.165) is 35.6 Å². The van der Waals surface area contributed by atoms with Gasteiger partial charge in [-0.15, -0.1) is 0 Å². The molecule has 0 saturated carbocycles. The third-order valence-electron chi connectivity index (χ3n) is 9.60. The molecule has 0 amide bonds. The molecule has 0 radical (unpaired) electrons. The number of benzene rings is 4. The molecule has 51 heavy (non-hydrogen) atoms. The largest absolute Gasteiger partial charge is 0.389 e. The van der Waals surface area contributed by atoms with Crippen molar-refractivity contribution in [2.45, 2.75) is 31.8 Å². The number of aryl methyl sites for hydroxylation is 1. The fourth-order valence-corrected chi connectivity index (χ4v) is 7.60. The van der Waals surface area contributed by atoms with Crippen molar-refractivity contribution in [2.24, 2.45) is 11.5 Å². The van der Waals surface area contributed by atoms with Gasteiger partial charge in [-0.05, 0) is 112 Å². The molecule has 2 unspecified atom stereocenters. The van der Waals surface area contributed by atoms with E-state index in [1.807, 2.05) is 36.4 Å². The van der Waals surface area contributed by atoms with Crippen LogP contribution in [0.2, 0.25) is 0 Å². The van der Waals surface area contributed by atoms with Crippen LogP contribution in [0.1, 0.15) is 64.1 Å². The first-order chi connectivity index (χ1) is 24.8. The average molecular weight is 711 g/mol. The van der Waals surface area contributed by atoms with E-state index in [9.17, 15) is 0 Å². The lowest BCUT2D eigenvalue weighted by Crippen LogP contribution is -2.28. The SMILES string of the molecule is Cc1ccccc1C(c1cccn1-c1ccccc1C(N)=S)N(C)C.NC(=S)c1ccccc1-n1cccc1C(c1ccccc1)N1CCCC1. The van der Waals surface area contributed by atoms with E-state index < -0.39 is 0 Å². The van der Waals surface area contributed by atoms with Crippen LogP contribution in [0.15, 0.2) is 140 Å². The van der Waals surface area contributed by atoms with E-state index >= 15 is 0 Å². The van der Waals surface area contributed by atoms with Crippen LogP contribution < -0.4 is 11.5 Å². The lowest BCUT2D eigenvalue weighted by molar-refractivity contribution is 0.274. The van der Waals surface area contributed by atoms with Gasteiger partial charge in [0.05, 0.1) is 23.5 Å². The smallest absolute Gasteiger partial charge is 0.106 e. The highest BCUT2D eigenvalue weighted by Gasteiger charge is 2.28. The number of aromatic nitrogens is 2. The molecule has 0 spiro atoms. The van der Waals surface area contributed by atoms with Crippen molar-refractivity contribution in [3.63, 3.8) is 0 Å². The lowest BCUT2D eigenvalue weighted by Gasteiger charge is -2.29. The number of likely N-dealkylation sites (tertiary alicyclic amines) is 1. The van der Waals surface area contributed by atoms with Crippen LogP contribution in [0.5, 0.6) is 0 Å². The summed E-state index contributed by atoms with van der Waals surface area (Å²) in [6.07, 6.45) is 6.70. The Morgan fingerprint density at radius 1 is 0.608 bits per heavy atom. The van der Waals surface area contributed by atoms with Crippen LogP contribution in [0.3, 0.4) is 0 Å². The molecule has 4 N–H and O–H groups in total. The Hall–Kier alpha value is -4.86. The van der Waals surface area contributed by atoms with E-state index in [2.05, 4.69) is 143 Å². The van der Waals surface area contributed by atoms with Crippen molar-refractivity contribution < 1.29 is 0 Å². The van der Waals surface area contributed by atoms with E-state index in [1.54, 1.807) is 0 Å². The highest BCUT2D eigenvalue weighted by Crippen LogP contribution is 2.34. The quantitative estimate of drug-likeness (QED) is 0.139. The molecular weight excluding hydrogens is 665 g/mol. The minimum absolute atomic E-state index is 0.135. The summed E-state index contributed by atoms with van der Waals surface area (Å²) in [4.78, 5) is 5.65. The van der Waals surface area contributed by atoms with Crippen LogP contribution in [0, 0.1) is 6.92 Å². The Morgan fingerprint density at radius 2 is 1.10 bits per heavy atom. The number of nitrogens with zero attached hydrogens (tertiary/aromatic N) is 4. The van der Waals surface area contributed by atoms with Crippen molar-refractivity contribution in [1.29, 1.82) is 0 Å². The number of hydrogen-bond donors (Lipinski definition) is 2. The third-order valence-corrected chi connectivity index (χ3v) is 10.0. The van der Waals surface area contributed by atoms with Crippen LogP contribution in [-0.2, 0) is 0 Å². The minimum atomic E-state index is 0.135. The van der Waals surface area contributed by atoms with Gasteiger partial charge in [-0.3, -0.25) is 9.80 Å². The second-order valence-electron chi connectivity index (χ2n) is 13.1. The molecule has 0 aliphatic carbocycles. The first-order valence-electron chi connectivity index (χ1n) is 17.4. The summed E-state index contributed by atoms with van der Waals surface area (Å²) < 4.78 is 4.43. The predicted octanol–water partition coefficient (Wildman–Crippen LogP) is 8.37. The Kier molecular flexibility index (Phi) is 11.6. The molecule has 1 aliphatic rings. The number of para-hydroxylation sites is 2. The normalized spacial score (nSPS) is 14.1. The van der Waals surface area contributed by atoms with E-state index in [4.69, 9.17) is 35.9 Å². The van der Waals surface area contributed by atoms with Crippen molar-refractivity contribution in [3.05, 3.63) is 179 Å². The second kappa shape index (κ2) is 16.4. The molecule has 1 fully saturated rings. The molecule has 260 valence electrons. The second-order valence-corrected chi connectivity index (χ2v) is 14.0. The topological polar surface area (TPSA) is 68.4 Å². The molecule has 2 aromatic heterocycles. The first-order valence-corrected chi connectivity index (χ1v) is 18.2. The number of nitrogens with two attached hydrogens (primary N) is 2. The fraction of sp³-hybridized carbons (Fsp3) is 0.209. The molecule has 8 heteroatoms. The van der Waals surface area contributed by atoms with Crippen molar-refractivity contribution in [2.75, 3.05) is 27.2 Å². The molecule has 1 saturated heterocycles. The van der Waals surface area contributed by atoms with Crippen LogP contribution >= 0.6 is 24.4 Å². The summed E-state index contributed by atoms with van der Waals surface area (Å²) in [5.74, 6) is 0. The van der Waals surface area contributed by atoms with E-state index in [1.165, 1.54) is 40.9 Å². The Morgan fingerprint density at radius 3 is 1.65 bits per heavy atom. The van der Waals surface area contributed by atoms with E-state index in [-0.39, 0.29) is 12.1 Å². The Bertz CT molecular complexity index is 2090. The van der Waals surface area contributed by atoms with Crippen molar-refractivity contribution >= 4 is 34.4 Å². The maximum Gasteiger partial charge on any atom is 0.106 e. The molecule has 6 aromatic rings. The fourth-order valence-electron chi connectivity index (χ4n) is 7.26. The lowest BCUT2D eigenvalue weighted by atomic mass is 9.97. The Balaban J connectivity index is 0.000000176. The van der Waals surface area contributed by atoms with Gasteiger partial charge in [0.15, 0.2) is 0 Å². The van der Waals surface area contributed by atoms with Gasteiger partial charge in [0.1, 0.15) is 9.98 Å². The highest BCUT2D eigenvalue weighted by molar-refractivity contribution is 7.81. The molecule has 3 heterocycles. The van der Waals surface area contributed by atoms with E-state index in [0.29, 0.717) is 9.98 Å². The van der Waals surface area contributed by atoms with Gasteiger partial charge < -0.3 is 20.6 Å².